The lowest BCUT2D eigenvalue weighted by atomic mass is 9.83. The highest BCUT2D eigenvalue weighted by molar-refractivity contribution is 5.88. The van der Waals surface area contributed by atoms with Crippen LogP contribution in [0.2, 0.25) is 0 Å². The Morgan fingerprint density at radius 1 is 1.03 bits per heavy atom. The van der Waals surface area contributed by atoms with E-state index in [4.69, 9.17) is 24.7 Å². The minimum atomic E-state index is -0.530. The first-order valence-electron chi connectivity index (χ1n) is 10.4. The number of nitriles is 1. The van der Waals surface area contributed by atoms with Gasteiger partial charge in [-0.2, -0.15) is 5.26 Å². The van der Waals surface area contributed by atoms with Crippen LogP contribution in [-0.4, -0.2) is 20.2 Å². The summed E-state index contributed by atoms with van der Waals surface area (Å²) in [5.74, 6) is 0.754. The fraction of sp³-hybridized carbons (Fsp3) is 0.111. The largest absolute Gasteiger partial charge is 0.493 e. The molecule has 0 spiro atoms. The van der Waals surface area contributed by atoms with Crippen molar-refractivity contribution in [3.8, 4) is 29.1 Å². The lowest BCUT2D eigenvalue weighted by molar-refractivity contribution is -0.128. The second-order valence-corrected chi connectivity index (χ2v) is 7.40. The van der Waals surface area contributed by atoms with E-state index >= 15 is 0 Å². The number of benzene rings is 3. The lowest BCUT2D eigenvalue weighted by Crippen LogP contribution is -2.21. The van der Waals surface area contributed by atoms with E-state index in [0.29, 0.717) is 28.6 Å². The molecule has 0 amide bonds. The van der Waals surface area contributed by atoms with Gasteiger partial charge < -0.3 is 24.7 Å². The number of esters is 1. The van der Waals surface area contributed by atoms with Crippen LogP contribution < -0.4 is 24.7 Å². The molecule has 34 heavy (non-hydrogen) atoms. The van der Waals surface area contributed by atoms with Gasteiger partial charge >= 0.3 is 5.97 Å². The highest BCUT2D eigenvalue weighted by atomic mass is 16.5. The number of fused-ring (bicyclic) bond motifs is 1. The van der Waals surface area contributed by atoms with Gasteiger partial charge in [-0.15, -0.1) is 0 Å². The third-order valence-corrected chi connectivity index (χ3v) is 5.36. The Hall–Kier alpha value is -4.70. The van der Waals surface area contributed by atoms with Gasteiger partial charge in [0.2, 0.25) is 5.88 Å². The summed E-state index contributed by atoms with van der Waals surface area (Å²) in [4.78, 5) is 12.3. The number of carbonyl (C=O) groups excluding carboxylic acids is 1. The molecular weight excluding hydrogens is 432 g/mol. The SMILES string of the molecule is COc1ccc(C2C(C#N)=C(N)Oc3cc(OC(=O)/C=C/c4ccccc4)ccc32)cc1OC. The highest BCUT2D eigenvalue weighted by Crippen LogP contribution is 2.45. The predicted molar refractivity (Wildman–Crippen MR) is 126 cm³/mol. The first-order chi connectivity index (χ1) is 16.5. The van der Waals surface area contributed by atoms with Gasteiger partial charge in [0.15, 0.2) is 11.5 Å². The van der Waals surface area contributed by atoms with Gasteiger partial charge in [-0.05, 0) is 35.4 Å². The van der Waals surface area contributed by atoms with Crippen LogP contribution in [0, 0.1) is 11.3 Å². The summed E-state index contributed by atoms with van der Waals surface area (Å²) in [6.07, 6.45) is 3.02. The van der Waals surface area contributed by atoms with E-state index in [9.17, 15) is 10.1 Å². The minimum absolute atomic E-state index is 0.0118. The summed E-state index contributed by atoms with van der Waals surface area (Å²) >= 11 is 0. The van der Waals surface area contributed by atoms with E-state index in [0.717, 1.165) is 11.1 Å². The van der Waals surface area contributed by atoms with Gasteiger partial charge in [0, 0.05) is 17.7 Å². The monoisotopic (exact) mass is 454 g/mol. The third kappa shape index (κ3) is 4.57. The Balaban J connectivity index is 1.64. The van der Waals surface area contributed by atoms with Crippen LogP contribution in [0.1, 0.15) is 22.6 Å². The van der Waals surface area contributed by atoms with Crippen LogP contribution in [0.5, 0.6) is 23.0 Å². The molecule has 3 aromatic rings. The second-order valence-electron chi connectivity index (χ2n) is 7.40. The molecule has 0 aliphatic carbocycles. The summed E-state index contributed by atoms with van der Waals surface area (Å²) in [5.41, 5.74) is 8.72. The van der Waals surface area contributed by atoms with E-state index in [1.54, 1.807) is 50.6 Å². The van der Waals surface area contributed by atoms with Crippen molar-refractivity contribution < 1.29 is 23.7 Å². The van der Waals surface area contributed by atoms with E-state index < -0.39 is 11.9 Å². The maximum absolute atomic E-state index is 12.3. The topological polar surface area (TPSA) is 104 Å². The number of ether oxygens (including phenoxy) is 4. The van der Waals surface area contributed by atoms with E-state index in [1.165, 1.54) is 6.08 Å². The standard InChI is InChI=1S/C27H22N2O5/c1-31-22-12-9-18(14-24(22)32-2)26-20-11-10-19(15-23(20)34-27(29)21(26)16-28)33-25(30)13-8-17-6-4-3-5-7-17/h3-15,26H,29H2,1-2H3/b13-8+. The average Bonchev–Trinajstić information content (AvgIpc) is 2.86. The minimum Gasteiger partial charge on any atom is -0.493 e. The third-order valence-electron chi connectivity index (χ3n) is 5.36. The molecule has 0 bridgehead atoms. The van der Waals surface area contributed by atoms with E-state index in [2.05, 4.69) is 6.07 Å². The molecule has 2 N–H and O–H groups in total. The Morgan fingerprint density at radius 3 is 2.50 bits per heavy atom. The molecule has 0 radical (unpaired) electrons. The first kappa shape index (κ1) is 22.5. The molecule has 0 fully saturated rings. The van der Waals surface area contributed by atoms with Crippen molar-refractivity contribution >= 4 is 12.0 Å². The maximum Gasteiger partial charge on any atom is 0.336 e. The fourth-order valence-corrected chi connectivity index (χ4v) is 3.75. The summed E-state index contributed by atoms with van der Waals surface area (Å²) in [6.45, 7) is 0. The molecule has 3 aromatic carbocycles. The molecule has 4 rings (SSSR count). The highest BCUT2D eigenvalue weighted by Gasteiger charge is 2.31. The summed E-state index contributed by atoms with van der Waals surface area (Å²) in [7, 11) is 3.10. The second kappa shape index (κ2) is 9.84. The lowest BCUT2D eigenvalue weighted by Gasteiger charge is -2.27. The number of carbonyl (C=O) groups is 1. The van der Waals surface area contributed by atoms with Crippen molar-refractivity contribution in [1.82, 2.24) is 0 Å². The van der Waals surface area contributed by atoms with E-state index in [1.807, 2.05) is 36.4 Å². The van der Waals surface area contributed by atoms with Crippen molar-refractivity contribution in [2.45, 2.75) is 5.92 Å². The molecule has 7 nitrogen and oxygen atoms in total. The Kier molecular flexibility index (Phi) is 6.51. The van der Waals surface area contributed by atoms with Crippen LogP contribution in [0.25, 0.3) is 6.08 Å². The molecule has 170 valence electrons. The number of rotatable bonds is 6. The van der Waals surface area contributed by atoms with Crippen LogP contribution in [0.4, 0.5) is 0 Å². The summed E-state index contributed by atoms with van der Waals surface area (Å²) in [6, 6.07) is 22.0. The van der Waals surface area contributed by atoms with Crippen LogP contribution >= 0.6 is 0 Å². The molecule has 0 aromatic heterocycles. The average molecular weight is 454 g/mol. The van der Waals surface area contributed by atoms with Gasteiger partial charge in [-0.1, -0.05) is 42.5 Å². The molecule has 1 unspecified atom stereocenters. The number of hydrogen-bond acceptors (Lipinski definition) is 7. The van der Waals surface area contributed by atoms with Gasteiger partial charge in [-0.25, -0.2) is 4.79 Å². The smallest absolute Gasteiger partial charge is 0.336 e. The molecule has 1 atom stereocenters. The Bertz CT molecular complexity index is 1320. The fourth-order valence-electron chi connectivity index (χ4n) is 3.75. The number of allylic oxidation sites excluding steroid dienone is 1. The quantitative estimate of drug-likeness (QED) is 0.331. The van der Waals surface area contributed by atoms with Gasteiger partial charge in [0.1, 0.15) is 23.1 Å². The molecule has 1 heterocycles. The van der Waals surface area contributed by atoms with Crippen LogP contribution in [-0.2, 0) is 4.79 Å². The van der Waals surface area contributed by atoms with Crippen LogP contribution in [0.3, 0.4) is 0 Å². The van der Waals surface area contributed by atoms with Gasteiger partial charge in [-0.3, -0.25) is 0 Å². The number of hydrogen-bond donors (Lipinski definition) is 1. The summed E-state index contributed by atoms with van der Waals surface area (Å²) in [5, 5.41) is 9.77. The van der Waals surface area contributed by atoms with Gasteiger partial charge in [0.25, 0.3) is 0 Å². The zero-order valence-electron chi connectivity index (χ0n) is 18.6. The van der Waals surface area contributed by atoms with Crippen LogP contribution in [0.15, 0.2) is 84.3 Å². The molecule has 0 saturated heterocycles. The Labute approximate surface area is 197 Å². The van der Waals surface area contributed by atoms with Crippen molar-refractivity contribution in [2.75, 3.05) is 14.2 Å². The molecule has 1 aliphatic heterocycles. The number of nitrogens with zero attached hydrogens (tertiary/aromatic N) is 1. The number of methoxy groups -OCH3 is 2. The number of nitrogens with two attached hydrogens (primary N) is 1. The molecule has 1 aliphatic rings. The molecule has 7 heteroatoms. The van der Waals surface area contributed by atoms with Crippen molar-refractivity contribution in [3.05, 3.63) is 101 Å². The first-order valence-corrected chi connectivity index (χ1v) is 10.4. The van der Waals surface area contributed by atoms with Crippen molar-refractivity contribution in [1.29, 1.82) is 5.26 Å². The molecule has 0 saturated carbocycles. The molecular formula is C27H22N2O5. The Morgan fingerprint density at radius 2 is 1.79 bits per heavy atom. The van der Waals surface area contributed by atoms with E-state index in [-0.39, 0.29) is 11.5 Å². The zero-order chi connectivity index (χ0) is 24.1. The zero-order valence-corrected chi connectivity index (χ0v) is 18.6. The van der Waals surface area contributed by atoms with Gasteiger partial charge in [0.05, 0.1) is 20.1 Å². The van der Waals surface area contributed by atoms with Crippen molar-refractivity contribution in [3.63, 3.8) is 0 Å². The predicted octanol–water partition coefficient (Wildman–Crippen LogP) is 4.54. The normalized spacial score (nSPS) is 14.7. The maximum atomic E-state index is 12.3. The summed E-state index contributed by atoms with van der Waals surface area (Å²) < 4.78 is 21.9. The van der Waals surface area contributed by atoms with Crippen molar-refractivity contribution in [2.24, 2.45) is 5.73 Å².